The van der Waals surface area contributed by atoms with Crippen molar-refractivity contribution in [3.8, 4) is 5.75 Å². The Kier molecular flexibility index (Phi) is 9.33. The van der Waals surface area contributed by atoms with Crippen LogP contribution < -0.4 is 15.4 Å². The third-order valence-electron chi connectivity index (χ3n) is 3.53. The molecule has 2 N–H and O–H groups in total. The van der Waals surface area contributed by atoms with E-state index in [2.05, 4.69) is 33.6 Å². The van der Waals surface area contributed by atoms with Crippen LogP contribution in [0.15, 0.2) is 33.7 Å². The molecule has 2 aromatic rings. The Balaban J connectivity index is 0.00000312. The van der Waals surface area contributed by atoms with E-state index in [-0.39, 0.29) is 24.0 Å². The average molecular weight is 458 g/mol. The van der Waals surface area contributed by atoms with Crippen LogP contribution in [0.4, 0.5) is 0 Å². The first-order chi connectivity index (χ1) is 11.6. The van der Waals surface area contributed by atoms with Gasteiger partial charge in [0.2, 0.25) is 5.89 Å². The Hall–Kier alpha value is -1.77. The monoisotopic (exact) mass is 458 g/mol. The molecule has 7 heteroatoms. The molecule has 0 aliphatic heterocycles. The highest BCUT2D eigenvalue weighted by Gasteiger charge is 2.06. The minimum absolute atomic E-state index is 0. The summed E-state index contributed by atoms with van der Waals surface area (Å²) in [6, 6.07) is 8.06. The maximum absolute atomic E-state index is 5.65. The molecular formula is C18H27IN4O2. The molecule has 0 amide bonds. The number of ether oxygens (including phenoxy) is 1. The number of aromatic nitrogens is 1. The third kappa shape index (κ3) is 6.93. The van der Waals surface area contributed by atoms with Crippen molar-refractivity contribution in [1.29, 1.82) is 0 Å². The lowest BCUT2D eigenvalue weighted by molar-refractivity contribution is 0.317. The first-order valence-electron chi connectivity index (χ1n) is 8.21. The highest BCUT2D eigenvalue weighted by Crippen LogP contribution is 2.13. The average Bonchev–Trinajstić information content (AvgIpc) is 2.91. The summed E-state index contributed by atoms with van der Waals surface area (Å²) in [5, 5.41) is 6.47. The molecule has 2 rings (SSSR count). The van der Waals surface area contributed by atoms with Gasteiger partial charge in [-0.05, 0) is 38.0 Å². The first kappa shape index (κ1) is 21.3. The molecule has 138 valence electrons. The van der Waals surface area contributed by atoms with Gasteiger partial charge in [-0.25, -0.2) is 4.98 Å². The van der Waals surface area contributed by atoms with Gasteiger partial charge in [0.25, 0.3) is 0 Å². The molecule has 0 saturated carbocycles. The Labute approximate surface area is 166 Å². The second-order valence-corrected chi connectivity index (χ2v) is 5.52. The minimum atomic E-state index is 0. The van der Waals surface area contributed by atoms with E-state index in [1.807, 2.05) is 32.0 Å². The number of nitrogens with zero attached hydrogens (tertiary/aromatic N) is 2. The summed E-state index contributed by atoms with van der Waals surface area (Å²) in [6.45, 7) is 7.82. The molecule has 0 bridgehead atoms. The van der Waals surface area contributed by atoms with E-state index >= 15 is 0 Å². The second kappa shape index (κ2) is 11.0. The standard InChI is InChI=1S/C18H26N4O2.HI/c1-5-9-23-16-8-6-7-15(10-16)11-20-18(19-4)21-12-17-22-13(2)14(3)24-17;/h6-8,10H,5,9,11-12H2,1-4H3,(H2,19,20,21);1H. The molecule has 0 spiro atoms. The SMILES string of the molecule is CCCOc1cccc(CNC(=NC)NCc2nc(C)c(C)o2)c1.I. The molecule has 6 nitrogen and oxygen atoms in total. The second-order valence-electron chi connectivity index (χ2n) is 5.52. The summed E-state index contributed by atoms with van der Waals surface area (Å²) < 4.78 is 11.2. The van der Waals surface area contributed by atoms with Crippen LogP contribution in [-0.2, 0) is 13.1 Å². The van der Waals surface area contributed by atoms with Crippen LogP contribution in [0.1, 0.15) is 36.3 Å². The number of nitrogens with one attached hydrogen (secondary N) is 2. The Morgan fingerprint density at radius 2 is 2.00 bits per heavy atom. The molecule has 0 aliphatic carbocycles. The number of halogens is 1. The van der Waals surface area contributed by atoms with Crippen molar-refractivity contribution < 1.29 is 9.15 Å². The molecule has 0 saturated heterocycles. The largest absolute Gasteiger partial charge is 0.494 e. The smallest absolute Gasteiger partial charge is 0.214 e. The van der Waals surface area contributed by atoms with Crippen molar-refractivity contribution >= 4 is 29.9 Å². The normalized spacial score (nSPS) is 11.0. The van der Waals surface area contributed by atoms with E-state index in [1.54, 1.807) is 7.05 Å². The first-order valence-corrected chi connectivity index (χ1v) is 8.21. The number of guanidine groups is 1. The number of aryl methyl sites for hydroxylation is 2. The van der Waals surface area contributed by atoms with Crippen LogP contribution in [0.3, 0.4) is 0 Å². The maximum atomic E-state index is 5.65. The predicted octanol–water partition coefficient (Wildman–Crippen LogP) is 3.56. The lowest BCUT2D eigenvalue weighted by Gasteiger charge is -2.11. The Morgan fingerprint density at radius 1 is 1.24 bits per heavy atom. The molecule has 0 fully saturated rings. The molecule has 25 heavy (non-hydrogen) atoms. The zero-order valence-electron chi connectivity index (χ0n) is 15.3. The number of hydrogen-bond acceptors (Lipinski definition) is 4. The zero-order valence-corrected chi connectivity index (χ0v) is 17.6. The molecule has 1 aromatic carbocycles. The van der Waals surface area contributed by atoms with Crippen molar-refractivity contribution in [1.82, 2.24) is 15.6 Å². The van der Waals surface area contributed by atoms with Gasteiger partial charge in [-0.3, -0.25) is 4.99 Å². The molecule has 0 radical (unpaired) electrons. The van der Waals surface area contributed by atoms with Gasteiger partial charge in [0.15, 0.2) is 5.96 Å². The summed E-state index contributed by atoms with van der Waals surface area (Å²) in [7, 11) is 1.74. The maximum Gasteiger partial charge on any atom is 0.214 e. The molecular weight excluding hydrogens is 431 g/mol. The molecule has 1 heterocycles. The molecule has 0 aliphatic rings. The van der Waals surface area contributed by atoms with Gasteiger partial charge in [0.05, 0.1) is 18.8 Å². The van der Waals surface area contributed by atoms with Crippen molar-refractivity contribution in [3.63, 3.8) is 0 Å². The van der Waals surface area contributed by atoms with Gasteiger partial charge in [-0.1, -0.05) is 19.1 Å². The van der Waals surface area contributed by atoms with Gasteiger partial charge in [0.1, 0.15) is 11.5 Å². The van der Waals surface area contributed by atoms with Gasteiger partial charge in [-0.2, -0.15) is 0 Å². The highest BCUT2D eigenvalue weighted by molar-refractivity contribution is 14.0. The van der Waals surface area contributed by atoms with Crippen LogP contribution in [-0.4, -0.2) is 24.6 Å². The Morgan fingerprint density at radius 3 is 2.64 bits per heavy atom. The molecule has 1 aromatic heterocycles. The van der Waals surface area contributed by atoms with Crippen molar-refractivity contribution in [2.45, 2.75) is 40.3 Å². The number of rotatable bonds is 7. The van der Waals surface area contributed by atoms with Gasteiger partial charge in [-0.15, -0.1) is 24.0 Å². The molecule has 0 atom stereocenters. The third-order valence-corrected chi connectivity index (χ3v) is 3.53. The summed E-state index contributed by atoms with van der Waals surface area (Å²) in [6.07, 6.45) is 0.999. The minimum Gasteiger partial charge on any atom is -0.494 e. The van der Waals surface area contributed by atoms with Crippen LogP contribution in [0.2, 0.25) is 0 Å². The quantitative estimate of drug-likeness (QED) is 0.377. The summed E-state index contributed by atoms with van der Waals surface area (Å²) in [4.78, 5) is 8.56. The number of benzene rings is 1. The zero-order chi connectivity index (χ0) is 17.4. The number of hydrogen-bond donors (Lipinski definition) is 2. The van der Waals surface area contributed by atoms with Gasteiger partial charge < -0.3 is 19.8 Å². The van der Waals surface area contributed by atoms with Gasteiger partial charge >= 0.3 is 0 Å². The summed E-state index contributed by atoms with van der Waals surface area (Å²) in [5.74, 6) is 3.09. The van der Waals surface area contributed by atoms with E-state index in [1.165, 1.54) is 0 Å². The molecule has 0 unspecified atom stereocenters. The summed E-state index contributed by atoms with van der Waals surface area (Å²) >= 11 is 0. The van der Waals surface area contributed by atoms with Crippen LogP contribution >= 0.6 is 24.0 Å². The Bertz CT molecular complexity index is 666. The fraction of sp³-hybridized carbons (Fsp3) is 0.444. The predicted molar refractivity (Wildman–Crippen MR) is 111 cm³/mol. The fourth-order valence-corrected chi connectivity index (χ4v) is 2.15. The van der Waals surface area contributed by atoms with E-state index in [0.29, 0.717) is 24.9 Å². The number of oxazole rings is 1. The van der Waals surface area contributed by atoms with Crippen molar-refractivity contribution in [2.75, 3.05) is 13.7 Å². The lowest BCUT2D eigenvalue weighted by Crippen LogP contribution is -2.36. The van der Waals surface area contributed by atoms with Crippen LogP contribution in [0, 0.1) is 13.8 Å². The van der Waals surface area contributed by atoms with Crippen LogP contribution in [0.5, 0.6) is 5.75 Å². The fourth-order valence-electron chi connectivity index (χ4n) is 2.15. The van der Waals surface area contributed by atoms with E-state index in [0.717, 1.165) is 35.8 Å². The highest BCUT2D eigenvalue weighted by atomic mass is 127. The van der Waals surface area contributed by atoms with Gasteiger partial charge in [0, 0.05) is 13.6 Å². The van der Waals surface area contributed by atoms with E-state index in [4.69, 9.17) is 9.15 Å². The van der Waals surface area contributed by atoms with E-state index < -0.39 is 0 Å². The lowest BCUT2D eigenvalue weighted by atomic mass is 10.2. The van der Waals surface area contributed by atoms with E-state index in [9.17, 15) is 0 Å². The van der Waals surface area contributed by atoms with Crippen molar-refractivity contribution in [2.24, 2.45) is 4.99 Å². The van der Waals surface area contributed by atoms with Crippen molar-refractivity contribution in [3.05, 3.63) is 47.2 Å². The summed E-state index contributed by atoms with van der Waals surface area (Å²) in [5.41, 5.74) is 2.05. The topological polar surface area (TPSA) is 71.7 Å². The van der Waals surface area contributed by atoms with Crippen LogP contribution in [0.25, 0.3) is 0 Å². The number of aliphatic imine (C=N–C) groups is 1.